The van der Waals surface area contributed by atoms with Crippen molar-refractivity contribution in [3.63, 3.8) is 0 Å². The molecule has 1 aromatic carbocycles. The van der Waals surface area contributed by atoms with Crippen molar-refractivity contribution in [2.75, 3.05) is 0 Å². The smallest absolute Gasteiger partial charge is 0.387 e. The molecule has 6 nitrogen and oxygen atoms in total. The number of carboxylic acid groups (broad SMARTS) is 1. The van der Waals surface area contributed by atoms with E-state index in [9.17, 15) is 26.4 Å². The fourth-order valence-electron chi connectivity index (χ4n) is 1.66. The van der Waals surface area contributed by atoms with Crippen LogP contribution in [0.4, 0.5) is 13.2 Å². The van der Waals surface area contributed by atoms with E-state index in [1.165, 1.54) is 0 Å². The zero-order valence-corrected chi connectivity index (χ0v) is 12.2. The molecule has 1 atom stereocenters. The summed E-state index contributed by atoms with van der Waals surface area (Å²) in [6.45, 7) is -1.68. The Morgan fingerprint density at radius 1 is 1.41 bits per heavy atom. The van der Waals surface area contributed by atoms with Gasteiger partial charge in [-0.1, -0.05) is 13.3 Å². The predicted molar refractivity (Wildman–Crippen MR) is 69.7 cm³/mol. The summed E-state index contributed by atoms with van der Waals surface area (Å²) in [5.41, 5.74) is 0. The predicted octanol–water partition coefficient (Wildman–Crippen LogP) is 1.96. The molecule has 1 unspecified atom stereocenters. The van der Waals surface area contributed by atoms with Gasteiger partial charge in [0.05, 0.1) is 0 Å². The molecule has 0 aliphatic heterocycles. The summed E-state index contributed by atoms with van der Waals surface area (Å²) in [7, 11) is -4.55. The van der Waals surface area contributed by atoms with Gasteiger partial charge in [0.1, 0.15) is 22.5 Å². The number of benzene rings is 1. The van der Waals surface area contributed by atoms with Crippen LogP contribution in [-0.2, 0) is 14.8 Å². The number of halogens is 3. The highest BCUT2D eigenvalue weighted by molar-refractivity contribution is 7.89. The van der Waals surface area contributed by atoms with Crippen LogP contribution in [0.1, 0.15) is 19.8 Å². The van der Waals surface area contributed by atoms with Crippen molar-refractivity contribution in [1.29, 1.82) is 0 Å². The van der Waals surface area contributed by atoms with Gasteiger partial charge < -0.3 is 9.84 Å². The number of rotatable bonds is 8. The highest BCUT2D eigenvalue weighted by atomic mass is 32.2. The molecule has 1 aromatic rings. The molecule has 0 heterocycles. The number of hydrogen-bond acceptors (Lipinski definition) is 4. The van der Waals surface area contributed by atoms with Crippen LogP contribution in [0.3, 0.4) is 0 Å². The third-order valence-electron chi connectivity index (χ3n) is 2.58. The largest absolute Gasteiger partial charge is 0.480 e. The molecule has 2 N–H and O–H groups in total. The molecule has 0 aromatic heterocycles. The zero-order valence-electron chi connectivity index (χ0n) is 11.4. The van der Waals surface area contributed by atoms with Gasteiger partial charge in [0.25, 0.3) is 0 Å². The first-order chi connectivity index (χ1) is 10.2. The lowest BCUT2D eigenvalue weighted by molar-refractivity contribution is -0.139. The maximum absolute atomic E-state index is 13.2. The molecule has 10 heteroatoms. The van der Waals surface area contributed by atoms with Crippen LogP contribution in [-0.4, -0.2) is 32.1 Å². The first-order valence-corrected chi connectivity index (χ1v) is 7.65. The van der Waals surface area contributed by atoms with Crippen molar-refractivity contribution in [1.82, 2.24) is 4.72 Å². The van der Waals surface area contributed by atoms with E-state index >= 15 is 0 Å². The Morgan fingerprint density at radius 3 is 2.55 bits per heavy atom. The van der Waals surface area contributed by atoms with Crippen LogP contribution in [0.25, 0.3) is 0 Å². The highest BCUT2D eigenvalue weighted by Crippen LogP contribution is 2.26. The van der Waals surface area contributed by atoms with Crippen molar-refractivity contribution in [2.24, 2.45) is 0 Å². The standard InChI is InChI=1S/C12H14F3NO5S/c1-2-3-8(11(17)18)16-22(19,20)10-6-7(13)4-5-9(10)21-12(14)15/h4-6,8,12,16H,2-3H2,1H3,(H,17,18). The number of ether oxygens (including phenoxy) is 1. The Labute approximate surface area is 124 Å². The Balaban J connectivity index is 3.20. The Bertz CT molecular complexity index is 636. The van der Waals surface area contributed by atoms with Crippen LogP contribution in [0, 0.1) is 5.82 Å². The van der Waals surface area contributed by atoms with Crippen LogP contribution in [0.5, 0.6) is 5.75 Å². The SMILES string of the molecule is CCCC(NS(=O)(=O)c1cc(F)ccc1OC(F)F)C(=O)O. The third-order valence-corrected chi connectivity index (χ3v) is 4.08. The summed E-state index contributed by atoms with van der Waals surface area (Å²) in [6.07, 6.45) is 0.345. The van der Waals surface area contributed by atoms with Crippen molar-refractivity contribution in [3.05, 3.63) is 24.0 Å². The first-order valence-electron chi connectivity index (χ1n) is 6.17. The minimum absolute atomic E-state index is 0.0189. The molecule has 0 aliphatic rings. The molecule has 0 bridgehead atoms. The summed E-state index contributed by atoms with van der Waals surface area (Å²) in [6, 6.07) is 0.492. The molecular formula is C12H14F3NO5S. The van der Waals surface area contributed by atoms with Crippen molar-refractivity contribution >= 4 is 16.0 Å². The minimum atomic E-state index is -4.55. The van der Waals surface area contributed by atoms with Gasteiger partial charge >= 0.3 is 12.6 Å². The molecule has 1 rings (SSSR count). The number of carboxylic acids is 1. The molecule has 0 fully saturated rings. The van der Waals surface area contributed by atoms with E-state index < -0.39 is 45.1 Å². The summed E-state index contributed by atoms with van der Waals surface area (Å²) in [4.78, 5) is 10.1. The molecule has 22 heavy (non-hydrogen) atoms. The van der Waals surface area contributed by atoms with E-state index in [1.54, 1.807) is 6.92 Å². The van der Waals surface area contributed by atoms with Crippen LogP contribution < -0.4 is 9.46 Å². The molecule has 0 spiro atoms. The summed E-state index contributed by atoms with van der Waals surface area (Å²) < 4.78 is 67.8. The van der Waals surface area contributed by atoms with E-state index in [-0.39, 0.29) is 6.42 Å². The quantitative estimate of drug-likeness (QED) is 0.754. The van der Waals surface area contributed by atoms with E-state index in [1.807, 2.05) is 4.72 Å². The molecule has 0 radical (unpaired) electrons. The Hall–Kier alpha value is -1.81. The molecular weight excluding hydrogens is 327 g/mol. The maximum atomic E-state index is 13.2. The Morgan fingerprint density at radius 2 is 2.05 bits per heavy atom. The minimum Gasteiger partial charge on any atom is -0.480 e. The Kier molecular flexibility index (Phi) is 6.18. The van der Waals surface area contributed by atoms with Crippen LogP contribution >= 0.6 is 0 Å². The van der Waals surface area contributed by atoms with Gasteiger partial charge in [-0.25, -0.2) is 12.8 Å². The fraction of sp³-hybridized carbons (Fsp3) is 0.417. The topological polar surface area (TPSA) is 92.7 Å². The van der Waals surface area contributed by atoms with Crippen molar-refractivity contribution in [2.45, 2.75) is 37.3 Å². The van der Waals surface area contributed by atoms with Gasteiger partial charge in [-0.3, -0.25) is 4.79 Å². The average Bonchev–Trinajstić information content (AvgIpc) is 2.39. The van der Waals surface area contributed by atoms with E-state index in [2.05, 4.69) is 4.74 Å². The van der Waals surface area contributed by atoms with E-state index in [0.29, 0.717) is 12.5 Å². The molecule has 124 valence electrons. The molecule has 0 amide bonds. The maximum Gasteiger partial charge on any atom is 0.387 e. The summed E-state index contributed by atoms with van der Waals surface area (Å²) >= 11 is 0. The first kappa shape index (κ1) is 18.2. The van der Waals surface area contributed by atoms with Crippen LogP contribution in [0.2, 0.25) is 0 Å². The van der Waals surface area contributed by atoms with Gasteiger partial charge in [-0.05, 0) is 24.6 Å². The number of aliphatic carboxylic acids is 1. The van der Waals surface area contributed by atoms with Crippen molar-refractivity contribution < 1.29 is 36.2 Å². The number of nitrogens with one attached hydrogen (secondary N) is 1. The van der Waals surface area contributed by atoms with Crippen LogP contribution in [0.15, 0.2) is 23.1 Å². The third kappa shape index (κ3) is 4.88. The lowest BCUT2D eigenvalue weighted by Crippen LogP contribution is -2.40. The highest BCUT2D eigenvalue weighted by Gasteiger charge is 2.28. The summed E-state index contributed by atoms with van der Waals surface area (Å²) in [5, 5.41) is 8.93. The second-order valence-corrected chi connectivity index (χ2v) is 5.95. The van der Waals surface area contributed by atoms with Gasteiger partial charge in [0, 0.05) is 0 Å². The number of hydrogen-bond donors (Lipinski definition) is 2. The lowest BCUT2D eigenvalue weighted by Gasteiger charge is -2.16. The zero-order chi connectivity index (χ0) is 16.9. The van der Waals surface area contributed by atoms with Crippen molar-refractivity contribution in [3.8, 4) is 5.75 Å². The molecule has 0 aliphatic carbocycles. The monoisotopic (exact) mass is 341 g/mol. The lowest BCUT2D eigenvalue weighted by atomic mass is 10.2. The van der Waals surface area contributed by atoms with Gasteiger partial charge in [-0.2, -0.15) is 13.5 Å². The van der Waals surface area contributed by atoms with E-state index in [4.69, 9.17) is 5.11 Å². The van der Waals surface area contributed by atoms with Gasteiger partial charge in [0.15, 0.2) is 0 Å². The average molecular weight is 341 g/mol. The normalized spacial score (nSPS) is 13.1. The number of alkyl halides is 2. The molecule has 0 saturated heterocycles. The second-order valence-electron chi connectivity index (χ2n) is 4.27. The fourth-order valence-corrected chi connectivity index (χ4v) is 3.03. The summed E-state index contributed by atoms with van der Waals surface area (Å²) in [5.74, 6) is -3.20. The molecule has 0 saturated carbocycles. The van der Waals surface area contributed by atoms with Gasteiger partial charge in [0.2, 0.25) is 10.0 Å². The van der Waals surface area contributed by atoms with Gasteiger partial charge in [-0.15, -0.1) is 0 Å². The second kappa shape index (κ2) is 7.45. The van der Waals surface area contributed by atoms with E-state index in [0.717, 1.165) is 12.1 Å². The number of sulfonamides is 1. The number of carbonyl (C=O) groups is 1.